The smallest absolute Gasteiger partial charge is 0.319 e. The zero-order chi connectivity index (χ0) is 16.4. The Hall–Kier alpha value is -2.48. The third-order valence-electron chi connectivity index (χ3n) is 3.42. The molecule has 23 heavy (non-hydrogen) atoms. The van der Waals surface area contributed by atoms with Gasteiger partial charge in [0.15, 0.2) is 5.13 Å². The molecule has 3 amide bonds. The molecule has 0 atom stereocenters. The average molecular weight is 334 g/mol. The molecule has 0 spiro atoms. The Bertz CT molecular complexity index is 762. The Morgan fingerprint density at radius 2 is 2.09 bits per heavy atom. The minimum atomic E-state index is -0.468. The highest BCUT2D eigenvalue weighted by molar-refractivity contribution is 7.15. The van der Waals surface area contributed by atoms with Crippen LogP contribution in [0.15, 0.2) is 24.3 Å². The molecule has 8 heteroatoms. The van der Waals surface area contributed by atoms with E-state index in [0.29, 0.717) is 24.6 Å². The van der Waals surface area contributed by atoms with E-state index in [1.54, 1.807) is 17.0 Å². The van der Waals surface area contributed by atoms with Crippen molar-refractivity contribution in [3.63, 3.8) is 0 Å². The normalized spacial score (nSPS) is 13.4. The second kappa shape index (κ2) is 6.33. The molecule has 0 aliphatic carbocycles. The van der Waals surface area contributed by atoms with Gasteiger partial charge in [-0.25, -0.2) is 14.2 Å². The van der Waals surface area contributed by atoms with Crippen molar-refractivity contribution in [1.29, 1.82) is 0 Å². The van der Waals surface area contributed by atoms with Crippen LogP contribution in [0.3, 0.4) is 0 Å². The third-order valence-corrected chi connectivity index (χ3v) is 4.41. The minimum Gasteiger partial charge on any atom is -0.319 e. The van der Waals surface area contributed by atoms with Crippen molar-refractivity contribution in [3.8, 4) is 0 Å². The molecular formula is C15H15FN4O2S. The second-order valence-electron chi connectivity index (χ2n) is 5.15. The number of hydrogen-bond donors (Lipinski definition) is 2. The molecule has 2 N–H and O–H groups in total. The van der Waals surface area contributed by atoms with Gasteiger partial charge in [-0.1, -0.05) is 23.5 Å². The summed E-state index contributed by atoms with van der Waals surface area (Å²) in [5, 5.41) is 5.77. The van der Waals surface area contributed by atoms with E-state index in [1.807, 2.05) is 0 Å². The zero-order valence-electron chi connectivity index (χ0n) is 12.4. The monoisotopic (exact) mass is 334 g/mol. The largest absolute Gasteiger partial charge is 0.322 e. The number of carbonyl (C=O) groups excluding carboxylic acids is 2. The summed E-state index contributed by atoms with van der Waals surface area (Å²) < 4.78 is 13.6. The van der Waals surface area contributed by atoms with E-state index in [4.69, 9.17) is 0 Å². The molecular weight excluding hydrogens is 319 g/mol. The summed E-state index contributed by atoms with van der Waals surface area (Å²) in [7, 11) is 0. The number of rotatable bonds is 2. The van der Waals surface area contributed by atoms with Crippen molar-refractivity contribution in [3.05, 3.63) is 40.7 Å². The molecule has 120 valence electrons. The lowest BCUT2D eigenvalue weighted by Gasteiger charge is -2.26. The van der Waals surface area contributed by atoms with Gasteiger partial charge in [-0.3, -0.25) is 4.79 Å². The minimum absolute atomic E-state index is 0.159. The number of hydrogen-bond acceptors (Lipinski definition) is 4. The zero-order valence-corrected chi connectivity index (χ0v) is 13.2. The van der Waals surface area contributed by atoms with E-state index in [9.17, 15) is 14.0 Å². The maximum absolute atomic E-state index is 13.6. The molecule has 6 nitrogen and oxygen atoms in total. The number of para-hydroxylation sites is 1. The van der Waals surface area contributed by atoms with E-state index in [-0.39, 0.29) is 17.6 Å². The first-order valence-electron chi connectivity index (χ1n) is 7.09. The Labute approximate surface area is 136 Å². The second-order valence-corrected chi connectivity index (χ2v) is 6.24. The molecule has 0 unspecified atom stereocenters. The number of carbonyl (C=O) groups is 2. The van der Waals surface area contributed by atoms with E-state index in [2.05, 4.69) is 15.6 Å². The summed E-state index contributed by atoms with van der Waals surface area (Å²) in [6.45, 7) is 2.32. The molecule has 0 fully saturated rings. The van der Waals surface area contributed by atoms with Crippen LogP contribution in [0, 0.1) is 5.82 Å². The Morgan fingerprint density at radius 1 is 1.30 bits per heavy atom. The summed E-state index contributed by atoms with van der Waals surface area (Å²) in [4.78, 5) is 30.2. The molecule has 1 aliphatic rings. The Balaban J connectivity index is 1.69. The molecule has 2 heterocycles. The number of halogens is 1. The van der Waals surface area contributed by atoms with E-state index < -0.39 is 5.82 Å². The van der Waals surface area contributed by atoms with E-state index in [1.165, 1.54) is 30.4 Å². The fraction of sp³-hybridized carbons (Fsp3) is 0.267. The lowest BCUT2D eigenvalue weighted by atomic mass is 10.2. The van der Waals surface area contributed by atoms with Crippen molar-refractivity contribution in [1.82, 2.24) is 9.88 Å². The van der Waals surface area contributed by atoms with Gasteiger partial charge in [0.25, 0.3) is 0 Å². The molecule has 0 bridgehead atoms. The van der Waals surface area contributed by atoms with Gasteiger partial charge in [-0.2, -0.15) is 0 Å². The maximum atomic E-state index is 13.6. The third kappa shape index (κ3) is 3.48. The SMILES string of the molecule is CC(=O)Nc1nc2c(s1)CN(C(=O)Nc1ccccc1F)CC2. The van der Waals surface area contributed by atoms with Crippen LogP contribution in [0.1, 0.15) is 17.5 Å². The quantitative estimate of drug-likeness (QED) is 0.887. The topological polar surface area (TPSA) is 74.3 Å². The lowest BCUT2D eigenvalue weighted by molar-refractivity contribution is -0.114. The fourth-order valence-corrected chi connectivity index (χ4v) is 3.40. The summed E-state index contributed by atoms with van der Waals surface area (Å²) in [6, 6.07) is 5.70. The van der Waals surface area contributed by atoms with Gasteiger partial charge in [0, 0.05) is 24.8 Å². The molecule has 1 aliphatic heterocycles. The molecule has 1 aromatic heterocycles. The predicted molar refractivity (Wildman–Crippen MR) is 86.0 cm³/mol. The van der Waals surface area contributed by atoms with Gasteiger partial charge >= 0.3 is 6.03 Å². The molecule has 0 saturated carbocycles. The highest BCUT2D eigenvalue weighted by Gasteiger charge is 2.24. The summed E-state index contributed by atoms with van der Waals surface area (Å²) >= 11 is 1.36. The first-order valence-corrected chi connectivity index (χ1v) is 7.91. The van der Waals surface area contributed by atoms with Crippen molar-refractivity contribution in [2.75, 3.05) is 17.2 Å². The number of benzene rings is 1. The molecule has 1 aromatic carbocycles. The van der Waals surface area contributed by atoms with Crippen molar-refractivity contribution in [2.45, 2.75) is 19.9 Å². The van der Waals surface area contributed by atoms with Gasteiger partial charge in [0.2, 0.25) is 5.91 Å². The number of nitrogens with one attached hydrogen (secondary N) is 2. The lowest BCUT2D eigenvalue weighted by Crippen LogP contribution is -2.38. The van der Waals surface area contributed by atoms with Gasteiger partial charge < -0.3 is 15.5 Å². The van der Waals surface area contributed by atoms with Crippen LogP contribution < -0.4 is 10.6 Å². The fourth-order valence-electron chi connectivity index (χ4n) is 2.33. The molecule has 0 saturated heterocycles. The summed E-state index contributed by atoms with van der Waals surface area (Å²) in [5.41, 5.74) is 1.06. The first kappa shape index (κ1) is 15.4. The van der Waals surface area contributed by atoms with Crippen LogP contribution in [-0.4, -0.2) is 28.4 Å². The summed E-state index contributed by atoms with van der Waals surface area (Å²) in [6.07, 6.45) is 0.607. The molecule has 0 radical (unpaired) electrons. The Morgan fingerprint density at radius 3 is 2.83 bits per heavy atom. The highest BCUT2D eigenvalue weighted by Crippen LogP contribution is 2.28. The van der Waals surface area contributed by atoms with Gasteiger partial charge in [-0.05, 0) is 12.1 Å². The van der Waals surface area contributed by atoms with Crippen molar-refractivity contribution in [2.24, 2.45) is 0 Å². The number of aromatic nitrogens is 1. The maximum Gasteiger partial charge on any atom is 0.322 e. The van der Waals surface area contributed by atoms with Crippen LogP contribution >= 0.6 is 11.3 Å². The summed E-state index contributed by atoms with van der Waals surface area (Å²) in [5.74, 6) is -0.644. The van der Waals surface area contributed by atoms with Crippen molar-refractivity contribution >= 4 is 34.1 Å². The number of fused-ring (bicyclic) bond motifs is 1. The van der Waals surface area contributed by atoms with Crippen LogP contribution in [0.5, 0.6) is 0 Å². The van der Waals surface area contributed by atoms with Crippen LogP contribution in [0.4, 0.5) is 20.0 Å². The number of nitrogens with zero attached hydrogens (tertiary/aromatic N) is 2. The number of thiazole rings is 1. The molecule has 2 aromatic rings. The van der Waals surface area contributed by atoms with Gasteiger partial charge in [0.1, 0.15) is 5.82 Å². The average Bonchev–Trinajstić information content (AvgIpc) is 2.89. The first-order chi connectivity index (χ1) is 11.0. The van der Waals surface area contributed by atoms with Crippen molar-refractivity contribution < 1.29 is 14.0 Å². The number of amides is 3. The number of anilines is 2. The van der Waals surface area contributed by atoms with E-state index >= 15 is 0 Å². The van der Waals surface area contributed by atoms with Crippen LogP contribution in [0.2, 0.25) is 0 Å². The van der Waals surface area contributed by atoms with Gasteiger partial charge in [0.05, 0.1) is 17.9 Å². The van der Waals surface area contributed by atoms with Crippen LogP contribution in [-0.2, 0) is 17.8 Å². The van der Waals surface area contributed by atoms with Gasteiger partial charge in [-0.15, -0.1) is 0 Å². The van der Waals surface area contributed by atoms with E-state index in [0.717, 1.165) is 10.6 Å². The Kier molecular flexibility index (Phi) is 4.24. The molecule has 3 rings (SSSR count). The number of urea groups is 1. The van der Waals surface area contributed by atoms with Crippen LogP contribution in [0.25, 0.3) is 0 Å². The predicted octanol–water partition coefficient (Wildman–Crippen LogP) is 2.83. The standard InChI is InChI=1S/C15H15FN4O2S/c1-9(21)17-14-18-12-6-7-20(8-13(12)23-14)15(22)19-11-5-3-2-4-10(11)16/h2-5H,6-8H2,1H3,(H,19,22)(H,17,18,21). The highest BCUT2D eigenvalue weighted by atomic mass is 32.1.